The molecule has 0 saturated carbocycles. The van der Waals surface area contributed by atoms with E-state index in [4.69, 9.17) is 0 Å². The summed E-state index contributed by atoms with van der Waals surface area (Å²) in [4.78, 5) is 11.3. The summed E-state index contributed by atoms with van der Waals surface area (Å²) in [7, 11) is 1.81. The first-order chi connectivity index (χ1) is 5.77. The van der Waals surface area contributed by atoms with E-state index in [1.54, 1.807) is 11.6 Å². The third kappa shape index (κ3) is 1.22. The maximum absolute atomic E-state index is 11.3. The average Bonchev–Trinajstić information content (AvgIpc) is 2.07. The molecule has 2 rings (SSSR count). The zero-order valence-corrected chi connectivity index (χ0v) is 8.36. The number of aromatic nitrogens is 1. The van der Waals surface area contributed by atoms with Gasteiger partial charge in [-0.05, 0) is 0 Å². The zero-order valence-electron chi connectivity index (χ0n) is 6.65. The van der Waals surface area contributed by atoms with Gasteiger partial charge in [-0.3, -0.25) is 0 Å². The van der Waals surface area contributed by atoms with Crippen molar-refractivity contribution < 1.29 is 4.57 Å². The van der Waals surface area contributed by atoms with E-state index >= 15 is 0 Å². The molecule has 2 nitrogen and oxygen atoms in total. The van der Waals surface area contributed by atoms with Gasteiger partial charge >= 0.3 is 75.5 Å². The van der Waals surface area contributed by atoms with Gasteiger partial charge in [-0.2, -0.15) is 0 Å². The number of benzene rings is 1. The van der Waals surface area contributed by atoms with Crippen LogP contribution in [0.1, 0.15) is 0 Å². The van der Waals surface area contributed by atoms with Crippen LogP contribution in [0.15, 0.2) is 35.3 Å². The van der Waals surface area contributed by atoms with E-state index in [-0.39, 0.29) is 18.9 Å². The monoisotopic (exact) mass is 226 g/mol. The quantitative estimate of drug-likeness (QED) is 0.459. The minimum absolute atomic E-state index is 0.0277. The van der Waals surface area contributed by atoms with Crippen LogP contribution in [0.2, 0.25) is 0 Å². The van der Waals surface area contributed by atoms with Crippen molar-refractivity contribution in [3.63, 3.8) is 0 Å². The molecule has 1 aromatic heterocycles. The molecule has 0 spiro atoms. The molecule has 0 bridgehead atoms. The van der Waals surface area contributed by atoms with Gasteiger partial charge in [0.25, 0.3) is 0 Å². The average molecular weight is 225 g/mol. The van der Waals surface area contributed by atoms with Crippen molar-refractivity contribution in [3.05, 3.63) is 39.7 Å². The first-order valence-corrected chi connectivity index (χ1v) is 5.37. The molecule has 0 fully saturated rings. The molecule has 0 aliphatic rings. The van der Waals surface area contributed by atoms with Crippen LogP contribution in [0.5, 0.6) is 0 Å². The molecular formula is C9H8NOSe+. The van der Waals surface area contributed by atoms with Crippen molar-refractivity contribution in [2.45, 2.75) is 0 Å². The standard InChI is InChI=1S/C9H8NOSe/c1-10-6-7-4-2-3-5-8(7)12-9(10)11/h2-6H,1H3/q+1. The molecule has 0 N–H and O–H groups in total. The minimum atomic E-state index is -0.0277. The van der Waals surface area contributed by atoms with Crippen LogP contribution < -0.4 is 9.00 Å². The predicted octanol–water partition coefficient (Wildman–Crippen LogP) is 0.0815. The summed E-state index contributed by atoms with van der Waals surface area (Å²) in [5, 5.41) is 1.18. The van der Waals surface area contributed by atoms with E-state index in [0.29, 0.717) is 0 Å². The van der Waals surface area contributed by atoms with E-state index in [9.17, 15) is 4.79 Å². The Labute approximate surface area is 75.8 Å². The number of hydrogen-bond donors (Lipinski definition) is 0. The summed E-state index contributed by atoms with van der Waals surface area (Å²) in [5.41, 5.74) is 0. The molecule has 0 atom stereocenters. The molecule has 1 aromatic carbocycles. The third-order valence-corrected chi connectivity index (χ3v) is 3.95. The van der Waals surface area contributed by atoms with Crippen LogP contribution in [0.4, 0.5) is 0 Å². The van der Waals surface area contributed by atoms with Gasteiger partial charge < -0.3 is 0 Å². The number of aryl methyl sites for hydroxylation is 1. The van der Waals surface area contributed by atoms with E-state index < -0.39 is 0 Å². The van der Waals surface area contributed by atoms with Gasteiger partial charge in [0.2, 0.25) is 0 Å². The number of fused-ring (bicyclic) bond motifs is 1. The summed E-state index contributed by atoms with van der Waals surface area (Å²) < 4.78 is 3.08. The summed E-state index contributed by atoms with van der Waals surface area (Å²) in [5.74, 6) is 0. The molecule has 0 saturated heterocycles. The molecule has 0 unspecified atom stereocenters. The Morgan fingerprint density at radius 3 is 2.92 bits per heavy atom. The number of rotatable bonds is 0. The first kappa shape index (κ1) is 7.71. The summed E-state index contributed by atoms with van der Waals surface area (Å²) >= 11 is -0.0277. The molecule has 0 aliphatic carbocycles. The fourth-order valence-corrected chi connectivity index (χ4v) is 2.72. The van der Waals surface area contributed by atoms with Gasteiger partial charge in [0.05, 0.1) is 0 Å². The molecule has 0 radical (unpaired) electrons. The predicted molar refractivity (Wildman–Crippen MR) is 48.3 cm³/mol. The first-order valence-electron chi connectivity index (χ1n) is 3.66. The van der Waals surface area contributed by atoms with Gasteiger partial charge in [0.15, 0.2) is 0 Å². The molecule has 1 heterocycles. The van der Waals surface area contributed by atoms with Crippen LogP contribution in [0.25, 0.3) is 9.65 Å². The molecule has 12 heavy (non-hydrogen) atoms. The van der Waals surface area contributed by atoms with Gasteiger partial charge in [0, 0.05) is 0 Å². The molecule has 0 aliphatic heterocycles. The van der Waals surface area contributed by atoms with E-state index in [0.717, 1.165) is 0 Å². The van der Waals surface area contributed by atoms with Crippen LogP contribution in [-0.2, 0) is 7.05 Å². The second-order valence-electron chi connectivity index (χ2n) is 2.65. The SMILES string of the molecule is C[n+]1cc2ccccc2[se]c1=O. The second-order valence-corrected chi connectivity index (χ2v) is 4.73. The topological polar surface area (TPSA) is 20.9 Å². The third-order valence-electron chi connectivity index (χ3n) is 1.74. The summed E-state index contributed by atoms with van der Waals surface area (Å²) in [6.45, 7) is 0. The number of nitrogens with zero attached hydrogens (tertiary/aromatic N) is 1. The van der Waals surface area contributed by atoms with Crippen LogP contribution in [-0.4, -0.2) is 14.5 Å². The maximum atomic E-state index is 11.3. The van der Waals surface area contributed by atoms with E-state index in [2.05, 4.69) is 0 Å². The Hall–Kier alpha value is -0.921. The van der Waals surface area contributed by atoms with Crippen molar-refractivity contribution in [2.24, 2.45) is 7.05 Å². The Kier molecular flexibility index (Phi) is 1.83. The van der Waals surface area contributed by atoms with Crippen LogP contribution >= 0.6 is 0 Å². The Balaban J connectivity index is 2.93. The number of hydrogen-bond acceptors (Lipinski definition) is 1. The van der Waals surface area contributed by atoms with Crippen molar-refractivity contribution in [2.75, 3.05) is 0 Å². The van der Waals surface area contributed by atoms with E-state index in [1.807, 2.05) is 30.5 Å². The van der Waals surface area contributed by atoms with Gasteiger partial charge in [0.1, 0.15) is 0 Å². The van der Waals surface area contributed by atoms with Gasteiger partial charge in [-0.15, -0.1) is 0 Å². The van der Waals surface area contributed by atoms with Gasteiger partial charge in [-0.1, -0.05) is 0 Å². The Bertz CT molecular complexity index is 475. The van der Waals surface area contributed by atoms with Crippen molar-refractivity contribution in [1.82, 2.24) is 0 Å². The summed E-state index contributed by atoms with van der Waals surface area (Å²) in [6, 6.07) is 8.04. The zero-order chi connectivity index (χ0) is 8.55. The fourth-order valence-electron chi connectivity index (χ4n) is 1.11. The van der Waals surface area contributed by atoms with Gasteiger partial charge in [-0.25, -0.2) is 0 Å². The van der Waals surface area contributed by atoms with Crippen molar-refractivity contribution in [1.29, 1.82) is 0 Å². The fraction of sp³-hybridized carbons (Fsp3) is 0.111. The Morgan fingerprint density at radius 2 is 2.08 bits per heavy atom. The second kappa shape index (κ2) is 2.85. The van der Waals surface area contributed by atoms with E-state index in [1.165, 1.54) is 9.65 Å². The normalized spacial score (nSPS) is 10.4. The summed E-state index contributed by atoms with van der Waals surface area (Å²) in [6.07, 6.45) is 1.89. The van der Waals surface area contributed by atoms with Crippen LogP contribution in [0, 0.1) is 0 Å². The molecular weight excluding hydrogens is 217 g/mol. The molecule has 0 amide bonds. The molecule has 60 valence electrons. The molecule has 2 aromatic rings. The Morgan fingerprint density at radius 1 is 1.33 bits per heavy atom. The van der Waals surface area contributed by atoms with Crippen LogP contribution in [0.3, 0.4) is 0 Å². The van der Waals surface area contributed by atoms with Crippen molar-refractivity contribution in [3.8, 4) is 0 Å². The molecule has 3 heteroatoms. The van der Waals surface area contributed by atoms with Crippen molar-refractivity contribution >= 4 is 24.1 Å².